The van der Waals surface area contributed by atoms with Crippen molar-refractivity contribution in [1.29, 1.82) is 0 Å². The van der Waals surface area contributed by atoms with E-state index in [1.165, 1.54) is 10.4 Å². The molecule has 1 fully saturated rings. The summed E-state index contributed by atoms with van der Waals surface area (Å²) in [4.78, 5) is 8.24. The highest BCUT2D eigenvalue weighted by molar-refractivity contribution is 14.0. The number of ether oxygens (including phenoxy) is 1. The lowest BCUT2D eigenvalue weighted by Gasteiger charge is -2.21. The summed E-state index contributed by atoms with van der Waals surface area (Å²) in [5, 5.41) is 5.63. The second-order valence-electron chi connectivity index (χ2n) is 6.01. The van der Waals surface area contributed by atoms with E-state index in [1.54, 1.807) is 7.11 Å². The molecule has 0 saturated carbocycles. The number of rotatable bonds is 5. The largest absolute Gasteiger partial charge is 0.497 e. The molecule has 3 rings (SSSR count). The zero-order valence-electron chi connectivity index (χ0n) is 14.8. The second kappa shape index (κ2) is 10.0. The lowest BCUT2D eigenvalue weighted by molar-refractivity contribution is 0.414. The molecule has 0 aliphatic carbocycles. The molecule has 1 N–H and O–H groups in total. The number of likely N-dealkylation sites (tertiary alicyclic amines) is 1. The molecule has 1 unspecified atom stereocenters. The molecule has 2 heterocycles. The van der Waals surface area contributed by atoms with Gasteiger partial charge in [0.25, 0.3) is 0 Å². The predicted octanol–water partition coefficient (Wildman–Crippen LogP) is 3.98. The van der Waals surface area contributed by atoms with Gasteiger partial charge in [-0.15, -0.1) is 35.3 Å². The van der Waals surface area contributed by atoms with Crippen LogP contribution in [0.1, 0.15) is 22.8 Å². The van der Waals surface area contributed by atoms with Crippen molar-refractivity contribution < 1.29 is 4.74 Å². The van der Waals surface area contributed by atoms with Crippen LogP contribution in [0.5, 0.6) is 5.75 Å². The van der Waals surface area contributed by atoms with Crippen LogP contribution in [0.25, 0.3) is 0 Å². The summed E-state index contributed by atoms with van der Waals surface area (Å²) in [6.45, 7) is 3.00. The van der Waals surface area contributed by atoms with Crippen molar-refractivity contribution in [3.63, 3.8) is 0 Å². The minimum absolute atomic E-state index is 0. The van der Waals surface area contributed by atoms with Crippen LogP contribution in [0.15, 0.2) is 46.8 Å². The number of hydrogen-bond donors (Lipinski definition) is 1. The number of nitrogens with one attached hydrogen (secondary N) is 1. The van der Waals surface area contributed by atoms with Crippen molar-refractivity contribution >= 4 is 41.3 Å². The van der Waals surface area contributed by atoms with E-state index in [2.05, 4.69) is 44.9 Å². The third-order valence-electron chi connectivity index (χ3n) is 4.52. The van der Waals surface area contributed by atoms with E-state index >= 15 is 0 Å². The van der Waals surface area contributed by atoms with E-state index in [0.29, 0.717) is 5.92 Å². The zero-order chi connectivity index (χ0) is 16.8. The Morgan fingerprint density at radius 1 is 1.32 bits per heavy atom. The third-order valence-corrected chi connectivity index (χ3v) is 5.46. The van der Waals surface area contributed by atoms with Gasteiger partial charge in [-0.2, -0.15) is 0 Å². The van der Waals surface area contributed by atoms with Gasteiger partial charge < -0.3 is 15.0 Å². The average molecular weight is 471 g/mol. The number of benzene rings is 1. The standard InChI is InChI=1S/C19H25N3OS.HI/c1-20-19(21-11-9-18-4-3-13-24-18)22-12-10-16(14-22)15-5-7-17(23-2)8-6-15;/h3-8,13,16H,9-12,14H2,1-2H3,(H,20,21);1H. The Bertz CT molecular complexity index is 658. The van der Waals surface area contributed by atoms with Crippen molar-refractivity contribution in [2.24, 2.45) is 4.99 Å². The summed E-state index contributed by atoms with van der Waals surface area (Å²) < 4.78 is 5.24. The van der Waals surface area contributed by atoms with Crippen LogP contribution < -0.4 is 10.1 Å². The van der Waals surface area contributed by atoms with Gasteiger partial charge in [-0.1, -0.05) is 18.2 Å². The van der Waals surface area contributed by atoms with Gasteiger partial charge in [0.2, 0.25) is 0 Å². The molecule has 4 nitrogen and oxygen atoms in total. The minimum atomic E-state index is 0. The normalized spacial score (nSPS) is 17.3. The molecule has 1 aromatic carbocycles. The molecule has 1 aliphatic rings. The maximum absolute atomic E-state index is 5.24. The first kappa shape index (κ1) is 20.0. The molecule has 1 aromatic heterocycles. The fourth-order valence-electron chi connectivity index (χ4n) is 3.19. The maximum Gasteiger partial charge on any atom is 0.193 e. The van der Waals surface area contributed by atoms with Gasteiger partial charge in [-0.25, -0.2) is 0 Å². The maximum atomic E-state index is 5.24. The number of nitrogens with zero attached hydrogens (tertiary/aromatic N) is 2. The van der Waals surface area contributed by atoms with Gasteiger partial charge in [0.15, 0.2) is 5.96 Å². The van der Waals surface area contributed by atoms with Crippen molar-refractivity contribution in [3.05, 3.63) is 52.2 Å². The summed E-state index contributed by atoms with van der Waals surface area (Å²) in [5.41, 5.74) is 1.38. The number of guanidine groups is 1. The minimum Gasteiger partial charge on any atom is -0.497 e. The van der Waals surface area contributed by atoms with Gasteiger partial charge >= 0.3 is 0 Å². The monoisotopic (exact) mass is 471 g/mol. The molecule has 2 aromatic rings. The molecule has 0 amide bonds. The fraction of sp³-hybridized carbons (Fsp3) is 0.421. The van der Waals surface area contributed by atoms with E-state index in [4.69, 9.17) is 4.74 Å². The Labute approximate surface area is 171 Å². The van der Waals surface area contributed by atoms with Crippen molar-refractivity contribution in [2.75, 3.05) is 33.8 Å². The Hall–Kier alpha value is -1.28. The fourth-order valence-corrected chi connectivity index (χ4v) is 3.89. The molecule has 6 heteroatoms. The van der Waals surface area contributed by atoms with Gasteiger partial charge in [-0.05, 0) is 42.0 Å². The van der Waals surface area contributed by atoms with Crippen LogP contribution in [0.3, 0.4) is 0 Å². The number of hydrogen-bond acceptors (Lipinski definition) is 3. The summed E-state index contributed by atoms with van der Waals surface area (Å²) in [6, 6.07) is 12.7. The topological polar surface area (TPSA) is 36.9 Å². The van der Waals surface area contributed by atoms with E-state index < -0.39 is 0 Å². The molecular formula is C19H26IN3OS. The van der Waals surface area contributed by atoms with E-state index in [-0.39, 0.29) is 24.0 Å². The van der Waals surface area contributed by atoms with Crippen molar-refractivity contribution in [3.8, 4) is 5.75 Å². The molecule has 1 aliphatic heterocycles. The number of halogens is 1. The van der Waals surface area contributed by atoms with E-state index in [9.17, 15) is 0 Å². The second-order valence-corrected chi connectivity index (χ2v) is 7.04. The Morgan fingerprint density at radius 3 is 2.76 bits per heavy atom. The van der Waals surface area contributed by atoms with Crippen LogP contribution in [-0.2, 0) is 6.42 Å². The summed E-state index contributed by atoms with van der Waals surface area (Å²) >= 11 is 1.81. The lowest BCUT2D eigenvalue weighted by atomic mass is 9.98. The SMILES string of the molecule is CN=C(NCCc1cccs1)N1CCC(c2ccc(OC)cc2)C1.I. The van der Waals surface area contributed by atoms with Gasteiger partial charge in [-0.3, -0.25) is 4.99 Å². The van der Waals surface area contributed by atoms with Crippen LogP contribution in [0, 0.1) is 0 Å². The van der Waals surface area contributed by atoms with Crippen LogP contribution >= 0.6 is 35.3 Å². The highest BCUT2D eigenvalue weighted by atomic mass is 127. The van der Waals surface area contributed by atoms with E-state index in [1.807, 2.05) is 30.5 Å². The highest BCUT2D eigenvalue weighted by Gasteiger charge is 2.25. The number of methoxy groups -OCH3 is 1. The quantitative estimate of drug-likeness (QED) is 0.407. The van der Waals surface area contributed by atoms with Gasteiger partial charge in [0.05, 0.1) is 7.11 Å². The smallest absolute Gasteiger partial charge is 0.193 e. The number of aliphatic imine (C=N–C) groups is 1. The number of thiophene rings is 1. The van der Waals surface area contributed by atoms with Crippen LogP contribution in [0.4, 0.5) is 0 Å². The van der Waals surface area contributed by atoms with Crippen LogP contribution in [0.2, 0.25) is 0 Å². The average Bonchev–Trinajstić information content (AvgIpc) is 3.31. The van der Waals surface area contributed by atoms with E-state index in [0.717, 1.165) is 44.2 Å². The summed E-state index contributed by atoms with van der Waals surface area (Å²) in [6.07, 6.45) is 2.21. The first-order chi connectivity index (χ1) is 11.8. The first-order valence-electron chi connectivity index (χ1n) is 8.42. The Balaban J connectivity index is 0.00000225. The zero-order valence-corrected chi connectivity index (χ0v) is 17.9. The third kappa shape index (κ3) is 5.34. The van der Waals surface area contributed by atoms with Gasteiger partial charge in [0, 0.05) is 37.5 Å². The Kier molecular flexibility index (Phi) is 8.02. The molecule has 0 radical (unpaired) electrons. The summed E-state index contributed by atoms with van der Waals surface area (Å²) in [5.74, 6) is 2.49. The van der Waals surface area contributed by atoms with Crippen LogP contribution in [-0.4, -0.2) is 44.7 Å². The summed E-state index contributed by atoms with van der Waals surface area (Å²) in [7, 11) is 3.58. The predicted molar refractivity (Wildman–Crippen MR) is 117 cm³/mol. The first-order valence-corrected chi connectivity index (χ1v) is 9.30. The molecular weight excluding hydrogens is 445 g/mol. The molecule has 136 valence electrons. The lowest BCUT2D eigenvalue weighted by Crippen LogP contribution is -2.40. The van der Waals surface area contributed by atoms with Crippen molar-refractivity contribution in [2.45, 2.75) is 18.8 Å². The van der Waals surface area contributed by atoms with Crippen molar-refractivity contribution in [1.82, 2.24) is 10.2 Å². The Morgan fingerprint density at radius 2 is 2.12 bits per heavy atom. The molecule has 1 atom stereocenters. The molecule has 1 saturated heterocycles. The van der Waals surface area contributed by atoms with Gasteiger partial charge in [0.1, 0.15) is 5.75 Å². The molecule has 0 bridgehead atoms. The molecule has 0 spiro atoms. The molecule has 25 heavy (non-hydrogen) atoms. The highest BCUT2D eigenvalue weighted by Crippen LogP contribution is 2.28.